The Morgan fingerprint density at radius 2 is 1.88 bits per heavy atom. The first-order valence-electron chi connectivity index (χ1n) is 11.5. The quantitative estimate of drug-likeness (QED) is 0.498. The lowest BCUT2D eigenvalue weighted by Crippen LogP contribution is -2.29. The fraction of sp³-hybridized carbons (Fsp3) is 0.417. The van der Waals surface area contributed by atoms with Crippen molar-refractivity contribution in [3.63, 3.8) is 0 Å². The number of hydrogen-bond acceptors (Lipinski definition) is 7. The van der Waals surface area contributed by atoms with Gasteiger partial charge in [0.05, 0.1) is 16.7 Å². The Labute approximate surface area is 192 Å². The van der Waals surface area contributed by atoms with E-state index < -0.39 is 0 Å². The molecule has 0 bridgehead atoms. The monoisotopic (exact) mass is 446 g/mol. The van der Waals surface area contributed by atoms with Gasteiger partial charge in [-0.3, -0.25) is 9.20 Å². The molecule has 0 unspecified atom stereocenters. The summed E-state index contributed by atoms with van der Waals surface area (Å²) in [6.45, 7) is 7.99. The zero-order chi connectivity index (χ0) is 23.1. The normalized spacial score (nSPS) is 15.5. The van der Waals surface area contributed by atoms with Crippen LogP contribution in [0.4, 0.5) is 11.5 Å². The number of para-hydroxylation sites is 2. The number of anilines is 2. The predicted molar refractivity (Wildman–Crippen MR) is 132 cm³/mol. The van der Waals surface area contributed by atoms with Crippen LogP contribution in [0.1, 0.15) is 30.6 Å². The third-order valence-electron chi connectivity index (χ3n) is 6.21. The lowest BCUT2D eigenvalue weighted by atomic mass is 10.1. The molecule has 0 saturated carbocycles. The predicted octanol–water partition coefficient (Wildman–Crippen LogP) is 2.75. The van der Waals surface area contributed by atoms with Gasteiger partial charge in [0.1, 0.15) is 5.56 Å². The Bertz CT molecular complexity index is 1350. The van der Waals surface area contributed by atoms with Crippen molar-refractivity contribution in [3.8, 4) is 0 Å². The third-order valence-corrected chi connectivity index (χ3v) is 6.21. The van der Waals surface area contributed by atoms with E-state index in [2.05, 4.69) is 52.5 Å². The Morgan fingerprint density at radius 1 is 1.06 bits per heavy atom. The van der Waals surface area contributed by atoms with E-state index in [9.17, 15) is 4.79 Å². The molecule has 0 atom stereocenters. The summed E-state index contributed by atoms with van der Waals surface area (Å²) in [5, 5.41) is 16.5. The highest BCUT2D eigenvalue weighted by molar-refractivity contribution is 6.13. The average Bonchev–Trinajstić information content (AvgIpc) is 3.05. The van der Waals surface area contributed by atoms with E-state index in [-0.39, 0.29) is 11.9 Å². The summed E-state index contributed by atoms with van der Waals surface area (Å²) in [5.41, 5.74) is 4.23. The molecule has 1 aromatic carbocycles. The highest BCUT2D eigenvalue weighted by atomic mass is 16.1. The van der Waals surface area contributed by atoms with Gasteiger partial charge in [0.25, 0.3) is 5.91 Å². The third kappa shape index (κ3) is 3.72. The Hall–Kier alpha value is -3.46. The van der Waals surface area contributed by atoms with Crippen LogP contribution in [0.2, 0.25) is 0 Å². The minimum absolute atomic E-state index is 0.117. The Morgan fingerprint density at radius 3 is 2.67 bits per heavy atom. The first-order valence-corrected chi connectivity index (χ1v) is 11.5. The van der Waals surface area contributed by atoms with Crippen molar-refractivity contribution in [1.29, 1.82) is 0 Å². The number of amides is 1. The van der Waals surface area contributed by atoms with Crippen LogP contribution in [0.3, 0.4) is 0 Å². The van der Waals surface area contributed by atoms with Crippen LogP contribution in [0, 0.1) is 0 Å². The summed E-state index contributed by atoms with van der Waals surface area (Å²) in [7, 11) is 3.80. The SMILES string of the molecule is CNC(=O)c1c(NC(C)C)c2cc(N3CCCN(C)CC3)nnc2n2c1nc1ccccc12. The van der Waals surface area contributed by atoms with Crippen LogP contribution in [0.15, 0.2) is 30.3 Å². The van der Waals surface area contributed by atoms with Crippen molar-refractivity contribution in [3.05, 3.63) is 35.9 Å². The van der Waals surface area contributed by atoms with Crippen LogP contribution in [0.5, 0.6) is 0 Å². The summed E-state index contributed by atoms with van der Waals surface area (Å²) in [6, 6.07) is 10.1. The van der Waals surface area contributed by atoms with E-state index in [1.165, 1.54) is 0 Å². The second-order valence-electron chi connectivity index (χ2n) is 8.97. The van der Waals surface area contributed by atoms with Gasteiger partial charge in [-0.25, -0.2) is 4.98 Å². The Balaban J connectivity index is 1.83. The molecule has 4 heterocycles. The van der Waals surface area contributed by atoms with Gasteiger partial charge in [0, 0.05) is 38.1 Å². The molecule has 1 saturated heterocycles. The number of rotatable bonds is 4. The smallest absolute Gasteiger partial charge is 0.256 e. The maximum Gasteiger partial charge on any atom is 0.256 e. The van der Waals surface area contributed by atoms with Gasteiger partial charge >= 0.3 is 0 Å². The van der Waals surface area contributed by atoms with Crippen molar-refractivity contribution >= 4 is 45.1 Å². The van der Waals surface area contributed by atoms with Gasteiger partial charge in [-0.15, -0.1) is 10.2 Å². The molecular formula is C24H30N8O. The van der Waals surface area contributed by atoms with Gasteiger partial charge in [0.2, 0.25) is 0 Å². The number of carbonyl (C=O) groups excluding carboxylic acids is 1. The van der Waals surface area contributed by atoms with Gasteiger partial charge in [0.15, 0.2) is 17.1 Å². The Kier molecular flexibility index (Phi) is 5.49. The molecule has 5 rings (SSSR count). The molecule has 1 fully saturated rings. The number of nitrogens with zero attached hydrogens (tertiary/aromatic N) is 6. The van der Waals surface area contributed by atoms with Crippen LogP contribution in [0.25, 0.3) is 27.7 Å². The fourth-order valence-corrected chi connectivity index (χ4v) is 4.59. The number of aromatic nitrogens is 4. The molecule has 0 radical (unpaired) electrons. The molecule has 1 aliphatic heterocycles. The molecule has 33 heavy (non-hydrogen) atoms. The first-order chi connectivity index (χ1) is 16.0. The fourth-order valence-electron chi connectivity index (χ4n) is 4.59. The lowest BCUT2D eigenvalue weighted by Gasteiger charge is -2.23. The number of pyridine rings is 1. The molecule has 9 nitrogen and oxygen atoms in total. The minimum atomic E-state index is -0.185. The average molecular weight is 447 g/mol. The van der Waals surface area contributed by atoms with Crippen LogP contribution in [-0.4, -0.2) is 76.7 Å². The number of fused-ring (bicyclic) bond motifs is 5. The number of likely N-dealkylation sites (N-methyl/N-ethyl adjacent to an activating group) is 1. The molecule has 2 N–H and O–H groups in total. The summed E-state index contributed by atoms with van der Waals surface area (Å²) < 4.78 is 1.95. The first kappa shape index (κ1) is 21.4. The van der Waals surface area contributed by atoms with E-state index in [4.69, 9.17) is 10.1 Å². The number of hydrogen-bond donors (Lipinski definition) is 2. The van der Waals surface area contributed by atoms with E-state index in [0.717, 1.165) is 60.5 Å². The van der Waals surface area contributed by atoms with Crippen LogP contribution in [-0.2, 0) is 0 Å². The summed E-state index contributed by atoms with van der Waals surface area (Å²) >= 11 is 0. The summed E-state index contributed by atoms with van der Waals surface area (Å²) in [6.07, 6.45) is 1.07. The zero-order valence-electron chi connectivity index (χ0n) is 19.6. The van der Waals surface area contributed by atoms with E-state index in [1.807, 2.05) is 28.7 Å². The van der Waals surface area contributed by atoms with Gasteiger partial charge < -0.3 is 20.4 Å². The van der Waals surface area contributed by atoms with Crippen molar-refractivity contribution in [1.82, 2.24) is 29.8 Å². The number of nitrogens with one attached hydrogen (secondary N) is 2. The highest BCUT2D eigenvalue weighted by Gasteiger charge is 2.25. The zero-order valence-corrected chi connectivity index (χ0v) is 19.6. The van der Waals surface area contributed by atoms with Crippen molar-refractivity contribution in [2.45, 2.75) is 26.3 Å². The molecule has 1 amide bonds. The number of carbonyl (C=O) groups is 1. The second-order valence-corrected chi connectivity index (χ2v) is 8.97. The summed E-state index contributed by atoms with van der Waals surface area (Å²) in [4.78, 5) is 22.6. The van der Waals surface area contributed by atoms with E-state index in [1.54, 1.807) is 7.05 Å². The largest absolute Gasteiger partial charge is 0.382 e. The van der Waals surface area contributed by atoms with Crippen molar-refractivity contribution in [2.24, 2.45) is 0 Å². The molecule has 4 aromatic rings. The topological polar surface area (TPSA) is 90.7 Å². The number of imidazole rings is 1. The van der Waals surface area contributed by atoms with Gasteiger partial charge in [-0.1, -0.05) is 12.1 Å². The van der Waals surface area contributed by atoms with Gasteiger partial charge in [-0.05, 0) is 52.1 Å². The highest BCUT2D eigenvalue weighted by Crippen LogP contribution is 2.34. The standard InChI is InChI=1S/C24H30N8O/c1-15(2)26-21-16-14-19(31-11-7-10-30(4)12-13-31)28-29-22(16)32-18-9-6-5-8-17(18)27-23(32)20(21)24(33)25-3/h5-6,8-9,14-15,26H,7,10-13H2,1-4H3,(H,25,33). The number of benzene rings is 1. The van der Waals surface area contributed by atoms with Crippen molar-refractivity contribution < 1.29 is 4.79 Å². The molecule has 1 aliphatic rings. The van der Waals surface area contributed by atoms with Gasteiger partial charge in [-0.2, -0.15) is 0 Å². The molecule has 0 aliphatic carbocycles. The van der Waals surface area contributed by atoms with Crippen molar-refractivity contribution in [2.75, 3.05) is 50.5 Å². The molecule has 3 aromatic heterocycles. The molecule has 0 spiro atoms. The van der Waals surface area contributed by atoms with Crippen LogP contribution < -0.4 is 15.5 Å². The molecular weight excluding hydrogens is 416 g/mol. The molecule has 172 valence electrons. The van der Waals surface area contributed by atoms with E-state index >= 15 is 0 Å². The van der Waals surface area contributed by atoms with Crippen LogP contribution >= 0.6 is 0 Å². The second kappa shape index (κ2) is 8.47. The summed E-state index contributed by atoms with van der Waals surface area (Å²) in [5.74, 6) is 0.645. The lowest BCUT2D eigenvalue weighted by molar-refractivity contribution is 0.0965. The maximum atomic E-state index is 13.2. The molecule has 9 heteroatoms. The maximum absolute atomic E-state index is 13.2. The minimum Gasteiger partial charge on any atom is -0.382 e. The van der Waals surface area contributed by atoms with E-state index in [0.29, 0.717) is 16.9 Å².